The molecule has 2 rings (SSSR count). The van der Waals surface area contributed by atoms with Gasteiger partial charge in [-0.25, -0.2) is 4.79 Å². The average Bonchev–Trinajstić information content (AvgIpc) is 2.94. The number of carbonyl (C=O) groups is 2. The summed E-state index contributed by atoms with van der Waals surface area (Å²) in [5, 5.41) is 12.1. The van der Waals surface area contributed by atoms with Crippen LogP contribution in [0.5, 0.6) is 5.75 Å². The molecule has 0 saturated carbocycles. The van der Waals surface area contributed by atoms with Gasteiger partial charge in [0.15, 0.2) is 0 Å². The Balaban J connectivity index is 2.32. The maximum absolute atomic E-state index is 12.6. The van der Waals surface area contributed by atoms with E-state index >= 15 is 0 Å². The first-order valence-corrected chi connectivity index (χ1v) is 8.94. The van der Waals surface area contributed by atoms with Crippen molar-refractivity contribution >= 4 is 23.6 Å². The third-order valence-corrected chi connectivity index (χ3v) is 4.04. The Hall–Kier alpha value is -3.53. The predicted molar refractivity (Wildman–Crippen MR) is 106 cm³/mol. The highest BCUT2D eigenvalue weighted by Crippen LogP contribution is 2.25. The molecule has 2 N–H and O–H groups in total. The quantitative estimate of drug-likeness (QED) is 0.432. The third-order valence-electron chi connectivity index (χ3n) is 4.04. The van der Waals surface area contributed by atoms with Gasteiger partial charge in [0, 0.05) is 11.4 Å². The lowest BCUT2D eigenvalue weighted by atomic mass is 10.1. The van der Waals surface area contributed by atoms with Crippen LogP contribution in [0.1, 0.15) is 41.2 Å². The molecule has 0 radical (unpaired) electrons. The van der Waals surface area contributed by atoms with E-state index in [1.807, 2.05) is 13.0 Å². The van der Waals surface area contributed by atoms with Gasteiger partial charge in [-0.1, -0.05) is 12.1 Å². The van der Waals surface area contributed by atoms with E-state index in [4.69, 9.17) is 9.47 Å². The van der Waals surface area contributed by atoms with E-state index in [0.29, 0.717) is 40.6 Å². The highest BCUT2D eigenvalue weighted by molar-refractivity contribution is 6.10. The second-order valence-corrected chi connectivity index (χ2v) is 5.94. The smallest absolute Gasteiger partial charge is 0.340 e. The maximum atomic E-state index is 12.6. The molecular weight excluding hydrogens is 358 g/mol. The van der Waals surface area contributed by atoms with E-state index in [0.717, 1.165) is 0 Å². The number of para-hydroxylation sites is 2. The van der Waals surface area contributed by atoms with Crippen LogP contribution < -0.4 is 10.1 Å². The number of aromatic amines is 1. The number of nitrogens with one attached hydrogen (secondary N) is 2. The molecule has 1 aromatic heterocycles. The SMILES string of the molecule is CCOC(=O)c1c(C)[nH]c(/C=C(\C#N)C(=O)Nc2ccccc2OCC)c1C. The number of nitriles is 1. The van der Waals surface area contributed by atoms with Crippen LogP contribution in [-0.2, 0) is 9.53 Å². The summed E-state index contributed by atoms with van der Waals surface area (Å²) in [5.74, 6) is -0.492. The number of aromatic nitrogens is 1. The highest BCUT2D eigenvalue weighted by atomic mass is 16.5. The van der Waals surface area contributed by atoms with Gasteiger partial charge in [-0.3, -0.25) is 4.79 Å². The van der Waals surface area contributed by atoms with E-state index in [1.165, 1.54) is 6.08 Å². The van der Waals surface area contributed by atoms with Crippen molar-refractivity contribution in [2.24, 2.45) is 0 Å². The van der Waals surface area contributed by atoms with Gasteiger partial charge in [-0.05, 0) is 51.5 Å². The number of anilines is 1. The van der Waals surface area contributed by atoms with Crippen molar-refractivity contribution in [1.82, 2.24) is 4.98 Å². The summed E-state index contributed by atoms with van der Waals surface area (Å²) in [6.07, 6.45) is 1.42. The summed E-state index contributed by atoms with van der Waals surface area (Å²) in [5.41, 5.74) is 2.51. The van der Waals surface area contributed by atoms with Gasteiger partial charge in [0.05, 0.1) is 24.5 Å². The summed E-state index contributed by atoms with van der Waals surface area (Å²) in [4.78, 5) is 27.7. The van der Waals surface area contributed by atoms with Crippen LogP contribution >= 0.6 is 0 Å². The largest absolute Gasteiger partial charge is 0.492 e. The number of ether oxygens (including phenoxy) is 2. The highest BCUT2D eigenvalue weighted by Gasteiger charge is 2.20. The fourth-order valence-electron chi connectivity index (χ4n) is 2.76. The summed E-state index contributed by atoms with van der Waals surface area (Å²) in [6, 6.07) is 8.89. The Labute approximate surface area is 164 Å². The lowest BCUT2D eigenvalue weighted by molar-refractivity contribution is -0.112. The number of nitrogens with zero attached hydrogens (tertiary/aromatic N) is 1. The number of rotatable bonds is 7. The van der Waals surface area contributed by atoms with E-state index < -0.39 is 11.9 Å². The van der Waals surface area contributed by atoms with Crippen LogP contribution in [0.25, 0.3) is 6.08 Å². The number of hydrogen-bond donors (Lipinski definition) is 2. The van der Waals surface area contributed by atoms with Crippen molar-refractivity contribution in [3.8, 4) is 11.8 Å². The van der Waals surface area contributed by atoms with Crippen LogP contribution in [0.15, 0.2) is 29.8 Å². The monoisotopic (exact) mass is 381 g/mol. The molecule has 7 heteroatoms. The normalized spacial score (nSPS) is 10.9. The molecule has 7 nitrogen and oxygen atoms in total. The predicted octanol–water partition coefficient (Wildman–Crippen LogP) is 3.75. The number of aryl methyl sites for hydroxylation is 1. The third kappa shape index (κ3) is 4.60. The molecule has 0 aliphatic rings. The van der Waals surface area contributed by atoms with E-state index in [2.05, 4.69) is 10.3 Å². The summed E-state index contributed by atoms with van der Waals surface area (Å²) in [6.45, 7) is 7.76. The Morgan fingerprint density at radius 1 is 1.21 bits per heavy atom. The molecule has 1 amide bonds. The minimum Gasteiger partial charge on any atom is -0.492 e. The molecule has 0 aliphatic heterocycles. The Morgan fingerprint density at radius 3 is 2.57 bits per heavy atom. The van der Waals surface area contributed by atoms with E-state index in [1.54, 1.807) is 45.0 Å². The molecule has 0 unspecified atom stereocenters. The fraction of sp³-hybridized carbons (Fsp3) is 0.286. The average molecular weight is 381 g/mol. The maximum Gasteiger partial charge on any atom is 0.340 e. The number of amides is 1. The molecule has 28 heavy (non-hydrogen) atoms. The minimum atomic E-state index is -0.570. The zero-order valence-electron chi connectivity index (χ0n) is 16.4. The van der Waals surface area contributed by atoms with Crippen molar-refractivity contribution in [2.45, 2.75) is 27.7 Å². The van der Waals surface area contributed by atoms with Gasteiger partial charge in [0.25, 0.3) is 5.91 Å². The zero-order valence-corrected chi connectivity index (χ0v) is 16.4. The van der Waals surface area contributed by atoms with Gasteiger partial charge in [0.2, 0.25) is 0 Å². The van der Waals surface area contributed by atoms with Crippen LogP contribution in [0.2, 0.25) is 0 Å². The van der Waals surface area contributed by atoms with Crippen molar-refractivity contribution in [1.29, 1.82) is 5.26 Å². The molecule has 1 aromatic carbocycles. The van der Waals surface area contributed by atoms with Crippen LogP contribution in [0, 0.1) is 25.2 Å². The number of benzene rings is 1. The minimum absolute atomic E-state index is 0.105. The second-order valence-electron chi connectivity index (χ2n) is 5.94. The van der Waals surface area contributed by atoms with E-state index in [-0.39, 0.29) is 12.2 Å². The lowest BCUT2D eigenvalue weighted by Crippen LogP contribution is -2.14. The first-order valence-electron chi connectivity index (χ1n) is 8.94. The molecule has 0 saturated heterocycles. The van der Waals surface area contributed by atoms with Gasteiger partial charge < -0.3 is 19.8 Å². The van der Waals surface area contributed by atoms with Crippen molar-refractivity contribution < 1.29 is 19.1 Å². The Bertz CT molecular complexity index is 951. The molecule has 0 atom stereocenters. The number of H-pyrrole nitrogens is 1. The number of carbonyl (C=O) groups excluding carboxylic acids is 2. The first-order chi connectivity index (χ1) is 13.4. The van der Waals surface area contributed by atoms with Crippen molar-refractivity contribution in [3.05, 3.63) is 52.4 Å². The lowest BCUT2D eigenvalue weighted by Gasteiger charge is -2.10. The molecule has 0 spiro atoms. The van der Waals surface area contributed by atoms with Crippen LogP contribution in [0.4, 0.5) is 5.69 Å². The standard InChI is InChI=1S/C21H23N3O4/c1-5-27-18-10-8-7-9-16(18)24-20(25)15(12-22)11-17-13(3)19(14(4)23-17)21(26)28-6-2/h7-11,23H,5-6H2,1-4H3,(H,24,25)/b15-11+. The summed E-state index contributed by atoms with van der Waals surface area (Å²) < 4.78 is 10.5. The van der Waals surface area contributed by atoms with Crippen LogP contribution in [-0.4, -0.2) is 30.1 Å². The second kappa shape index (κ2) is 9.42. The topological polar surface area (TPSA) is 104 Å². The molecule has 2 aromatic rings. The van der Waals surface area contributed by atoms with Gasteiger partial charge in [-0.2, -0.15) is 5.26 Å². The zero-order chi connectivity index (χ0) is 20.7. The fourth-order valence-corrected chi connectivity index (χ4v) is 2.76. The molecule has 146 valence electrons. The van der Waals surface area contributed by atoms with E-state index in [9.17, 15) is 14.9 Å². The number of esters is 1. The first kappa shape index (κ1) is 20.8. The van der Waals surface area contributed by atoms with Gasteiger partial charge in [-0.15, -0.1) is 0 Å². The Morgan fingerprint density at radius 2 is 1.93 bits per heavy atom. The molecule has 0 aliphatic carbocycles. The number of hydrogen-bond acceptors (Lipinski definition) is 5. The van der Waals surface area contributed by atoms with Crippen LogP contribution in [0.3, 0.4) is 0 Å². The summed E-state index contributed by atoms with van der Waals surface area (Å²) in [7, 11) is 0. The Kier molecular flexibility index (Phi) is 6.99. The molecule has 0 fully saturated rings. The van der Waals surface area contributed by atoms with Crippen molar-refractivity contribution in [2.75, 3.05) is 18.5 Å². The molecular formula is C21H23N3O4. The van der Waals surface area contributed by atoms with Gasteiger partial charge in [0.1, 0.15) is 17.4 Å². The van der Waals surface area contributed by atoms with Crippen molar-refractivity contribution in [3.63, 3.8) is 0 Å². The molecule has 1 heterocycles. The molecule has 0 bridgehead atoms. The van der Waals surface area contributed by atoms with Gasteiger partial charge >= 0.3 is 5.97 Å². The summed E-state index contributed by atoms with van der Waals surface area (Å²) >= 11 is 0.